The second-order valence-electron chi connectivity index (χ2n) is 3.79. The molecule has 0 aromatic heterocycles. The third-order valence-corrected chi connectivity index (χ3v) is 2.23. The summed E-state index contributed by atoms with van der Waals surface area (Å²) in [6.07, 6.45) is -4.30. The van der Waals surface area contributed by atoms with E-state index >= 15 is 0 Å². The zero-order chi connectivity index (χ0) is 15.2. The first-order valence-electron chi connectivity index (χ1n) is 5.52. The highest BCUT2D eigenvalue weighted by molar-refractivity contribution is 5.87. The lowest BCUT2D eigenvalue weighted by molar-refractivity contribution is -0.137. The second-order valence-corrected chi connectivity index (χ2v) is 3.79. The molecule has 0 aliphatic heterocycles. The van der Waals surface area contributed by atoms with Crippen molar-refractivity contribution >= 4 is 11.7 Å². The van der Waals surface area contributed by atoms with Gasteiger partial charge in [0.15, 0.2) is 0 Å². The van der Waals surface area contributed by atoms with E-state index in [-0.39, 0.29) is 5.69 Å². The van der Waals surface area contributed by atoms with Gasteiger partial charge < -0.3 is 10.8 Å². The molecule has 0 aliphatic rings. The quantitative estimate of drug-likeness (QED) is 0.785. The van der Waals surface area contributed by atoms with Gasteiger partial charge in [0, 0.05) is 5.69 Å². The average Bonchev–Trinajstić information content (AvgIpc) is 2.39. The van der Waals surface area contributed by atoms with Gasteiger partial charge in [-0.1, -0.05) is 24.3 Å². The Kier molecular flexibility index (Phi) is 5.14. The summed E-state index contributed by atoms with van der Waals surface area (Å²) in [4.78, 5) is 10.2. The van der Waals surface area contributed by atoms with Crippen LogP contribution in [0.5, 0.6) is 0 Å². The van der Waals surface area contributed by atoms with Crippen molar-refractivity contribution in [1.29, 1.82) is 0 Å². The van der Waals surface area contributed by atoms with Crippen LogP contribution in [0.25, 0.3) is 0 Å². The maximum atomic E-state index is 11.9. The topological polar surface area (TPSA) is 63.3 Å². The first-order valence-corrected chi connectivity index (χ1v) is 5.52. The van der Waals surface area contributed by atoms with Crippen LogP contribution in [0.2, 0.25) is 0 Å². The molecule has 3 nitrogen and oxygen atoms in total. The molecule has 2 rings (SSSR count). The zero-order valence-corrected chi connectivity index (χ0v) is 10.3. The number of benzene rings is 2. The number of halogens is 3. The summed E-state index contributed by atoms with van der Waals surface area (Å²) in [7, 11) is 0. The van der Waals surface area contributed by atoms with Gasteiger partial charge in [-0.2, -0.15) is 13.2 Å². The Morgan fingerprint density at radius 3 is 1.95 bits per heavy atom. The number of carboxylic acids is 1. The van der Waals surface area contributed by atoms with Gasteiger partial charge >= 0.3 is 12.1 Å². The third-order valence-electron chi connectivity index (χ3n) is 2.23. The maximum Gasteiger partial charge on any atom is 0.416 e. The van der Waals surface area contributed by atoms with Crippen LogP contribution in [0.1, 0.15) is 15.9 Å². The van der Waals surface area contributed by atoms with Crippen molar-refractivity contribution in [3.63, 3.8) is 0 Å². The summed E-state index contributed by atoms with van der Waals surface area (Å²) in [6.45, 7) is 0. The number of nitrogen functional groups attached to an aromatic ring is 1. The molecule has 0 heterocycles. The summed E-state index contributed by atoms with van der Waals surface area (Å²) in [6, 6.07) is 12.9. The highest BCUT2D eigenvalue weighted by atomic mass is 19.4. The average molecular weight is 283 g/mol. The largest absolute Gasteiger partial charge is 0.478 e. The van der Waals surface area contributed by atoms with E-state index in [0.717, 1.165) is 12.1 Å². The number of aromatic carboxylic acids is 1. The summed E-state index contributed by atoms with van der Waals surface area (Å²) >= 11 is 0. The fourth-order valence-corrected chi connectivity index (χ4v) is 1.30. The van der Waals surface area contributed by atoms with E-state index in [2.05, 4.69) is 0 Å². The van der Waals surface area contributed by atoms with Crippen LogP contribution >= 0.6 is 0 Å². The van der Waals surface area contributed by atoms with Gasteiger partial charge in [-0.25, -0.2) is 4.79 Å². The summed E-state index contributed by atoms with van der Waals surface area (Å²) in [5.41, 5.74) is 4.90. The standard InChI is InChI=1S/C7H6F3N.C7H6O2/c8-7(9,10)5-2-1-3-6(11)4-5;8-7(9)6-4-2-1-3-5-6/h1-4H,11H2;1-5H,(H,8,9). The number of rotatable bonds is 1. The number of alkyl halides is 3. The van der Waals surface area contributed by atoms with Gasteiger partial charge in [-0.3, -0.25) is 0 Å². The fourth-order valence-electron chi connectivity index (χ4n) is 1.30. The fraction of sp³-hybridized carbons (Fsp3) is 0.0714. The Morgan fingerprint density at radius 1 is 1.00 bits per heavy atom. The van der Waals surface area contributed by atoms with Crippen molar-refractivity contribution in [2.75, 3.05) is 5.73 Å². The normalized spacial score (nSPS) is 10.3. The van der Waals surface area contributed by atoms with Crippen molar-refractivity contribution in [2.45, 2.75) is 6.18 Å². The predicted molar refractivity (Wildman–Crippen MR) is 69.3 cm³/mol. The molecule has 106 valence electrons. The number of nitrogens with two attached hydrogens (primary N) is 1. The molecule has 0 atom stereocenters. The van der Waals surface area contributed by atoms with Gasteiger partial charge in [0.1, 0.15) is 0 Å². The number of carbonyl (C=O) groups is 1. The predicted octanol–water partition coefficient (Wildman–Crippen LogP) is 3.67. The smallest absolute Gasteiger partial charge is 0.416 e. The number of carboxylic acid groups (broad SMARTS) is 1. The Bertz CT molecular complexity index is 568. The molecule has 0 radical (unpaired) electrons. The molecular formula is C14H12F3NO2. The number of anilines is 1. The lowest BCUT2D eigenvalue weighted by atomic mass is 10.2. The van der Waals surface area contributed by atoms with E-state index in [9.17, 15) is 18.0 Å². The van der Waals surface area contributed by atoms with Crippen molar-refractivity contribution in [3.05, 3.63) is 65.7 Å². The summed E-state index contributed by atoms with van der Waals surface area (Å²) < 4.78 is 35.7. The van der Waals surface area contributed by atoms with E-state index in [1.807, 2.05) is 0 Å². The van der Waals surface area contributed by atoms with Crippen molar-refractivity contribution in [3.8, 4) is 0 Å². The molecule has 0 bridgehead atoms. The molecule has 0 amide bonds. The van der Waals surface area contributed by atoms with E-state index in [0.29, 0.717) is 5.56 Å². The highest BCUT2D eigenvalue weighted by Crippen LogP contribution is 2.29. The summed E-state index contributed by atoms with van der Waals surface area (Å²) in [5, 5.41) is 8.38. The molecule has 0 spiro atoms. The van der Waals surface area contributed by atoms with E-state index < -0.39 is 17.7 Å². The van der Waals surface area contributed by atoms with Crippen molar-refractivity contribution in [2.24, 2.45) is 0 Å². The minimum atomic E-state index is -4.30. The lowest BCUT2D eigenvalue weighted by Gasteiger charge is -2.05. The summed E-state index contributed by atoms with van der Waals surface area (Å²) in [5.74, 6) is -0.879. The molecule has 3 N–H and O–H groups in total. The Morgan fingerprint density at radius 2 is 1.60 bits per heavy atom. The zero-order valence-electron chi connectivity index (χ0n) is 10.3. The molecule has 0 unspecified atom stereocenters. The molecule has 2 aromatic rings. The molecule has 0 saturated heterocycles. The van der Waals surface area contributed by atoms with Gasteiger partial charge in [-0.15, -0.1) is 0 Å². The Balaban J connectivity index is 0.000000204. The second kappa shape index (κ2) is 6.60. The van der Waals surface area contributed by atoms with Crippen LogP contribution in [-0.4, -0.2) is 11.1 Å². The van der Waals surface area contributed by atoms with Gasteiger partial charge in [0.25, 0.3) is 0 Å². The maximum absolute atomic E-state index is 11.9. The molecule has 20 heavy (non-hydrogen) atoms. The lowest BCUT2D eigenvalue weighted by Crippen LogP contribution is -2.04. The van der Waals surface area contributed by atoms with Crippen LogP contribution in [-0.2, 0) is 6.18 Å². The van der Waals surface area contributed by atoms with Crippen molar-refractivity contribution in [1.82, 2.24) is 0 Å². The molecule has 6 heteroatoms. The van der Waals surface area contributed by atoms with Crippen LogP contribution in [0.4, 0.5) is 18.9 Å². The Labute approximate surface area is 113 Å². The molecule has 0 fully saturated rings. The first-order chi connectivity index (χ1) is 9.30. The van der Waals surface area contributed by atoms with Gasteiger partial charge in [0.05, 0.1) is 11.1 Å². The first kappa shape index (κ1) is 15.6. The SMILES string of the molecule is Nc1cccc(C(F)(F)F)c1.O=C(O)c1ccccc1. The third kappa shape index (κ3) is 5.01. The Hall–Kier alpha value is -2.50. The van der Waals surface area contributed by atoms with Gasteiger partial charge in [-0.05, 0) is 30.3 Å². The van der Waals surface area contributed by atoms with E-state index in [1.165, 1.54) is 12.1 Å². The minimum Gasteiger partial charge on any atom is -0.478 e. The van der Waals surface area contributed by atoms with Crippen LogP contribution < -0.4 is 5.73 Å². The molecule has 0 aliphatic carbocycles. The van der Waals surface area contributed by atoms with Crippen LogP contribution in [0.15, 0.2) is 54.6 Å². The van der Waals surface area contributed by atoms with Gasteiger partial charge in [0.2, 0.25) is 0 Å². The number of hydrogen-bond donors (Lipinski definition) is 2. The number of hydrogen-bond acceptors (Lipinski definition) is 2. The van der Waals surface area contributed by atoms with Crippen LogP contribution in [0.3, 0.4) is 0 Å². The minimum absolute atomic E-state index is 0.125. The molecular weight excluding hydrogens is 271 g/mol. The molecule has 0 saturated carbocycles. The van der Waals surface area contributed by atoms with E-state index in [1.54, 1.807) is 30.3 Å². The van der Waals surface area contributed by atoms with E-state index in [4.69, 9.17) is 10.8 Å². The monoisotopic (exact) mass is 283 g/mol. The highest BCUT2D eigenvalue weighted by Gasteiger charge is 2.30. The van der Waals surface area contributed by atoms with Crippen LogP contribution in [0, 0.1) is 0 Å². The molecule has 2 aromatic carbocycles. The van der Waals surface area contributed by atoms with Crippen molar-refractivity contribution < 1.29 is 23.1 Å².